The molecule has 4 atom stereocenters. The molecule has 0 aliphatic carbocycles. The first-order valence-corrected chi connectivity index (χ1v) is 9.96. The van der Waals surface area contributed by atoms with Gasteiger partial charge in [0.05, 0.1) is 23.7 Å². The summed E-state index contributed by atoms with van der Waals surface area (Å²) in [5.74, 6) is 0.0915. The van der Waals surface area contributed by atoms with Gasteiger partial charge in [-0.1, -0.05) is 38.1 Å². The van der Waals surface area contributed by atoms with Crippen LogP contribution in [-0.2, 0) is 14.3 Å². The molecule has 7 heteroatoms. The third kappa shape index (κ3) is 6.36. The van der Waals surface area contributed by atoms with Gasteiger partial charge in [-0.2, -0.15) is 0 Å². The first-order chi connectivity index (χ1) is 12.5. The zero-order valence-corrected chi connectivity index (χ0v) is 16.1. The fraction of sp³-hybridized carbons (Fsp3) is 0.737. The second kappa shape index (κ2) is 10.6. The van der Waals surface area contributed by atoms with Crippen LogP contribution in [-0.4, -0.2) is 47.3 Å². The number of hydrogen-bond acceptors (Lipinski definition) is 4. The molecule has 0 spiro atoms. The van der Waals surface area contributed by atoms with Gasteiger partial charge in [0.1, 0.15) is 0 Å². The molecular weight excluding hydrogens is 352 g/mol. The Hall–Kier alpha value is -1.47. The first kappa shape index (κ1) is 20.8. The van der Waals surface area contributed by atoms with Crippen LogP contribution in [0.15, 0.2) is 12.7 Å². The van der Waals surface area contributed by atoms with E-state index in [0.717, 1.165) is 44.9 Å². The number of fused-ring (bicyclic) bond motifs is 2. The molecule has 2 aliphatic rings. The van der Waals surface area contributed by atoms with Crippen molar-refractivity contribution in [2.45, 2.75) is 63.6 Å². The van der Waals surface area contributed by atoms with Gasteiger partial charge >= 0.3 is 5.97 Å². The Kier molecular flexibility index (Phi) is 8.51. The predicted molar refractivity (Wildman–Crippen MR) is 104 cm³/mol. The van der Waals surface area contributed by atoms with Crippen LogP contribution in [0, 0.1) is 11.8 Å². The maximum absolute atomic E-state index is 12.0. The lowest BCUT2D eigenvalue weighted by molar-refractivity contribution is -0.137. The molecule has 2 aliphatic heterocycles. The summed E-state index contributed by atoms with van der Waals surface area (Å²) in [4.78, 5) is 23.0. The maximum atomic E-state index is 12.0. The molecule has 26 heavy (non-hydrogen) atoms. The normalized spacial score (nSPS) is 26.5. The van der Waals surface area contributed by atoms with Crippen LogP contribution in [0.25, 0.3) is 0 Å². The standard InChI is InChI=1S/C19H30N2O4S/c1-2-18(26)21-12-17(22)20-11-14-13(15-9-10-16(14)25-15)7-5-3-4-6-8-19(23)24/h2,13-16H,1,3-12H2,(H,20,22)(H,21,26)(H,23,24)/t13-,14+,15-,16+/m0/s1. The number of rotatable bonds is 12. The van der Waals surface area contributed by atoms with Crippen LogP contribution in [0.5, 0.6) is 0 Å². The molecule has 2 bridgehead atoms. The van der Waals surface area contributed by atoms with Crippen molar-refractivity contribution in [1.29, 1.82) is 0 Å². The van der Waals surface area contributed by atoms with Crippen molar-refractivity contribution in [2.24, 2.45) is 11.8 Å². The number of amides is 1. The molecule has 3 N–H and O–H groups in total. The Morgan fingerprint density at radius 3 is 2.50 bits per heavy atom. The van der Waals surface area contributed by atoms with Crippen LogP contribution in [0.4, 0.5) is 0 Å². The van der Waals surface area contributed by atoms with E-state index in [1.165, 1.54) is 6.08 Å². The average Bonchev–Trinajstić information content (AvgIpc) is 3.22. The summed E-state index contributed by atoms with van der Waals surface area (Å²) in [5, 5.41) is 14.5. The van der Waals surface area contributed by atoms with Crippen molar-refractivity contribution in [3.8, 4) is 0 Å². The van der Waals surface area contributed by atoms with Crippen LogP contribution in [0.1, 0.15) is 51.4 Å². The third-order valence-corrected chi connectivity index (χ3v) is 5.72. The van der Waals surface area contributed by atoms with E-state index in [1.54, 1.807) is 0 Å². The molecule has 146 valence electrons. The van der Waals surface area contributed by atoms with Crippen molar-refractivity contribution in [3.63, 3.8) is 0 Å². The molecular formula is C19H30N2O4S. The Bertz CT molecular complexity index is 526. The smallest absolute Gasteiger partial charge is 0.303 e. The molecule has 0 aromatic carbocycles. The molecule has 0 saturated carbocycles. The van der Waals surface area contributed by atoms with Gasteiger partial charge < -0.3 is 20.5 Å². The minimum atomic E-state index is -0.717. The second-order valence-corrected chi connectivity index (χ2v) is 7.63. The van der Waals surface area contributed by atoms with Crippen LogP contribution in [0.2, 0.25) is 0 Å². The highest BCUT2D eigenvalue weighted by Gasteiger charge is 2.48. The van der Waals surface area contributed by atoms with E-state index in [4.69, 9.17) is 22.1 Å². The number of hydrogen-bond donors (Lipinski definition) is 3. The van der Waals surface area contributed by atoms with Gasteiger partial charge in [-0.15, -0.1) is 0 Å². The monoisotopic (exact) mass is 382 g/mol. The lowest BCUT2D eigenvalue weighted by Gasteiger charge is -2.28. The van der Waals surface area contributed by atoms with E-state index >= 15 is 0 Å². The van der Waals surface area contributed by atoms with Crippen molar-refractivity contribution >= 4 is 29.1 Å². The molecule has 6 nitrogen and oxygen atoms in total. The van der Waals surface area contributed by atoms with Crippen molar-refractivity contribution in [1.82, 2.24) is 10.6 Å². The number of unbranched alkanes of at least 4 members (excludes halogenated alkanes) is 3. The SMILES string of the molecule is C=CC(=S)NCC(=O)NC[C@@H]1[C@H](CCCCCCC(=O)O)[C@@H]2CC[C@H]1O2. The van der Waals surface area contributed by atoms with Crippen LogP contribution in [0.3, 0.4) is 0 Å². The number of thiocarbonyl (C=S) groups is 1. The van der Waals surface area contributed by atoms with Crippen molar-refractivity contribution in [2.75, 3.05) is 13.1 Å². The zero-order valence-electron chi connectivity index (χ0n) is 15.2. The summed E-state index contributed by atoms with van der Waals surface area (Å²) in [5.41, 5.74) is 0. The molecule has 0 aromatic heterocycles. The van der Waals surface area contributed by atoms with Crippen LogP contribution >= 0.6 is 12.2 Å². The summed E-state index contributed by atoms with van der Waals surface area (Å²) < 4.78 is 6.08. The van der Waals surface area contributed by atoms with Gasteiger partial charge in [-0.05, 0) is 37.7 Å². The summed E-state index contributed by atoms with van der Waals surface area (Å²) in [6, 6.07) is 0. The fourth-order valence-corrected chi connectivity index (χ4v) is 4.17. The molecule has 2 saturated heterocycles. The minimum Gasteiger partial charge on any atom is -0.481 e. The number of aliphatic carboxylic acids is 1. The fourth-order valence-electron chi connectivity index (χ4n) is 4.10. The molecule has 0 radical (unpaired) electrons. The Balaban J connectivity index is 1.68. The third-order valence-electron chi connectivity index (χ3n) is 5.41. The van der Waals surface area contributed by atoms with Crippen LogP contribution < -0.4 is 10.6 Å². The Labute approximate surface area is 160 Å². The highest BCUT2D eigenvalue weighted by Crippen LogP contribution is 2.45. The van der Waals surface area contributed by atoms with E-state index in [9.17, 15) is 9.59 Å². The number of nitrogens with one attached hydrogen (secondary N) is 2. The minimum absolute atomic E-state index is 0.0654. The van der Waals surface area contributed by atoms with E-state index in [2.05, 4.69) is 17.2 Å². The number of ether oxygens (including phenoxy) is 1. The highest BCUT2D eigenvalue weighted by atomic mass is 32.1. The van der Waals surface area contributed by atoms with E-state index < -0.39 is 5.97 Å². The lowest BCUT2D eigenvalue weighted by atomic mass is 9.76. The number of carboxylic acids is 1. The second-order valence-electron chi connectivity index (χ2n) is 7.19. The molecule has 2 heterocycles. The Morgan fingerprint density at radius 1 is 1.12 bits per heavy atom. The zero-order chi connectivity index (χ0) is 18.9. The number of carbonyl (C=O) groups is 2. The van der Waals surface area contributed by atoms with Gasteiger partial charge in [0.15, 0.2) is 0 Å². The van der Waals surface area contributed by atoms with Gasteiger partial charge in [0.2, 0.25) is 5.91 Å². The van der Waals surface area contributed by atoms with Crippen molar-refractivity contribution < 1.29 is 19.4 Å². The molecule has 2 fully saturated rings. The maximum Gasteiger partial charge on any atom is 0.303 e. The van der Waals surface area contributed by atoms with E-state index in [-0.39, 0.29) is 25.0 Å². The first-order valence-electron chi connectivity index (χ1n) is 9.55. The van der Waals surface area contributed by atoms with Crippen molar-refractivity contribution in [3.05, 3.63) is 12.7 Å². The van der Waals surface area contributed by atoms with Gasteiger partial charge in [0, 0.05) is 18.9 Å². The quantitative estimate of drug-likeness (QED) is 0.273. The summed E-state index contributed by atoms with van der Waals surface area (Å²) >= 11 is 4.96. The van der Waals surface area contributed by atoms with Gasteiger partial charge in [-0.3, -0.25) is 9.59 Å². The van der Waals surface area contributed by atoms with Gasteiger partial charge in [-0.25, -0.2) is 0 Å². The highest BCUT2D eigenvalue weighted by molar-refractivity contribution is 7.80. The number of carbonyl (C=O) groups excluding carboxylic acids is 1. The summed E-state index contributed by atoms with van der Waals surface area (Å²) in [7, 11) is 0. The summed E-state index contributed by atoms with van der Waals surface area (Å²) in [6.45, 7) is 4.37. The average molecular weight is 383 g/mol. The molecule has 2 rings (SSSR count). The van der Waals surface area contributed by atoms with E-state index in [1.807, 2.05) is 0 Å². The van der Waals surface area contributed by atoms with E-state index in [0.29, 0.717) is 29.5 Å². The predicted octanol–water partition coefficient (Wildman–Crippen LogP) is 2.42. The topological polar surface area (TPSA) is 87.7 Å². The largest absolute Gasteiger partial charge is 0.481 e. The molecule has 1 amide bonds. The Morgan fingerprint density at radius 2 is 1.81 bits per heavy atom. The lowest BCUT2D eigenvalue weighted by Crippen LogP contribution is -2.42. The molecule has 0 aromatic rings. The summed E-state index contributed by atoms with van der Waals surface area (Å²) in [6.07, 6.45) is 9.52. The number of carboxylic acid groups (broad SMARTS) is 1. The molecule has 0 unspecified atom stereocenters. The van der Waals surface area contributed by atoms with Gasteiger partial charge in [0.25, 0.3) is 0 Å².